The van der Waals surface area contributed by atoms with E-state index in [1.54, 1.807) is 30.3 Å². The maximum absolute atomic E-state index is 12.2. The molecule has 0 heterocycles. The summed E-state index contributed by atoms with van der Waals surface area (Å²) in [5, 5.41) is 8.59. The first-order valence-corrected chi connectivity index (χ1v) is 5.47. The number of halogens is 3. The molecule has 1 N–H and O–H groups in total. The minimum atomic E-state index is -4.24. The highest BCUT2D eigenvalue weighted by Gasteiger charge is 2.27. The van der Waals surface area contributed by atoms with E-state index in [-0.39, 0.29) is 19.5 Å². The van der Waals surface area contributed by atoms with Gasteiger partial charge < -0.3 is 10.0 Å². The molecule has 0 saturated heterocycles. The van der Waals surface area contributed by atoms with Crippen molar-refractivity contribution < 1.29 is 23.1 Å². The van der Waals surface area contributed by atoms with E-state index in [9.17, 15) is 18.0 Å². The fraction of sp³-hybridized carbons (Fsp3) is 0.417. The van der Waals surface area contributed by atoms with Crippen molar-refractivity contribution >= 4 is 11.7 Å². The van der Waals surface area contributed by atoms with Crippen molar-refractivity contribution in [2.75, 3.05) is 18.0 Å². The van der Waals surface area contributed by atoms with Gasteiger partial charge in [-0.25, -0.2) is 0 Å². The average molecular weight is 261 g/mol. The molecule has 0 radical (unpaired) electrons. The van der Waals surface area contributed by atoms with Crippen molar-refractivity contribution in [3.63, 3.8) is 0 Å². The van der Waals surface area contributed by atoms with Crippen molar-refractivity contribution in [2.24, 2.45) is 0 Å². The molecule has 100 valence electrons. The molecule has 0 aliphatic rings. The van der Waals surface area contributed by atoms with Gasteiger partial charge in [-0.1, -0.05) is 18.2 Å². The van der Waals surface area contributed by atoms with Crippen molar-refractivity contribution in [3.8, 4) is 0 Å². The first-order valence-electron chi connectivity index (χ1n) is 5.47. The van der Waals surface area contributed by atoms with E-state index in [4.69, 9.17) is 5.11 Å². The van der Waals surface area contributed by atoms with Crippen LogP contribution in [0, 0.1) is 0 Å². The monoisotopic (exact) mass is 261 g/mol. The lowest BCUT2D eigenvalue weighted by atomic mass is 10.2. The third-order valence-corrected chi connectivity index (χ3v) is 2.38. The Kier molecular flexibility index (Phi) is 5.00. The molecule has 0 fully saturated rings. The average Bonchev–Trinajstić information content (AvgIpc) is 2.28. The van der Waals surface area contributed by atoms with Crippen LogP contribution in [-0.4, -0.2) is 30.3 Å². The Balaban J connectivity index is 2.66. The highest BCUT2D eigenvalue weighted by molar-refractivity contribution is 5.67. The number of hydrogen-bond acceptors (Lipinski definition) is 2. The fourth-order valence-electron chi connectivity index (χ4n) is 1.50. The van der Waals surface area contributed by atoms with Gasteiger partial charge in [0.1, 0.15) is 0 Å². The molecule has 1 aromatic rings. The zero-order valence-corrected chi connectivity index (χ0v) is 9.65. The SMILES string of the molecule is O=C(O)CCN(CCC(F)(F)F)c1ccccc1. The van der Waals surface area contributed by atoms with Crippen molar-refractivity contribution in [1.82, 2.24) is 0 Å². The van der Waals surface area contributed by atoms with Crippen LogP contribution in [0.15, 0.2) is 30.3 Å². The Hall–Kier alpha value is -1.72. The third kappa shape index (κ3) is 5.56. The molecular formula is C12H14F3NO2. The smallest absolute Gasteiger partial charge is 0.390 e. The number of carboxylic acid groups (broad SMARTS) is 1. The second-order valence-corrected chi connectivity index (χ2v) is 3.83. The fourth-order valence-corrected chi connectivity index (χ4v) is 1.50. The van der Waals surface area contributed by atoms with Gasteiger partial charge in [0, 0.05) is 18.8 Å². The molecule has 0 saturated carbocycles. The molecular weight excluding hydrogens is 247 g/mol. The molecule has 6 heteroatoms. The third-order valence-electron chi connectivity index (χ3n) is 2.38. The number of alkyl halides is 3. The molecule has 0 spiro atoms. The standard InChI is InChI=1S/C12H14F3NO2/c13-12(14,15)7-9-16(8-6-11(17)18)10-4-2-1-3-5-10/h1-5H,6-9H2,(H,17,18). The molecule has 1 rings (SSSR count). The number of benzene rings is 1. The summed E-state index contributed by atoms with van der Waals surface area (Å²) in [5.41, 5.74) is 0.600. The summed E-state index contributed by atoms with van der Waals surface area (Å²) in [4.78, 5) is 11.9. The molecule has 0 aliphatic carbocycles. The molecule has 3 nitrogen and oxygen atoms in total. The van der Waals surface area contributed by atoms with E-state index in [0.29, 0.717) is 5.69 Å². The molecule has 0 aliphatic heterocycles. The van der Waals surface area contributed by atoms with Gasteiger partial charge in [-0.3, -0.25) is 4.79 Å². The summed E-state index contributed by atoms with van der Waals surface area (Å²) >= 11 is 0. The number of aliphatic carboxylic acids is 1. The van der Waals surface area contributed by atoms with Crippen LogP contribution in [0.1, 0.15) is 12.8 Å². The Morgan fingerprint density at radius 2 is 1.78 bits per heavy atom. The number of hydrogen-bond donors (Lipinski definition) is 1. The molecule has 0 bridgehead atoms. The second-order valence-electron chi connectivity index (χ2n) is 3.83. The summed E-state index contributed by atoms with van der Waals surface area (Å²) in [7, 11) is 0. The predicted octanol–water partition coefficient (Wildman–Crippen LogP) is 2.92. The highest BCUT2D eigenvalue weighted by atomic mass is 19.4. The number of anilines is 1. The van der Waals surface area contributed by atoms with Crippen molar-refractivity contribution in [2.45, 2.75) is 19.0 Å². The lowest BCUT2D eigenvalue weighted by Crippen LogP contribution is -2.30. The number of carbonyl (C=O) groups is 1. The summed E-state index contributed by atoms with van der Waals surface area (Å²) in [6.07, 6.45) is -5.38. The molecule has 0 amide bonds. The van der Waals surface area contributed by atoms with Crippen LogP contribution >= 0.6 is 0 Å². The quantitative estimate of drug-likeness (QED) is 0.856. The van der Waals surface area contributed by atoms with E-state index < -0.39 is 18.6 Å². The van der Waals surface area contributed by atoms with Gasteiger partial charge in [0.2, 0.25) is 0 Å². The van der Waals surface area contributed by atoms with Gasteiger partial charge in [0.25, 0.3) is 0 Å². The maximum Gasteiger partial charge on any atom is 0.390 e. The first-order chi connectivity index (χ1) is 8.38. The van der Waals surface area contributed by atoms with Crippen LogP contribution in [0.25, 0.3) is 0 Å². The topological polar surface area (TPSA) is 40.5 Å². The summed E-state index contributed by atoms with van der Waals surface area (Å²) in [5.74, 6) is -1.03. The normalized spacial score (nSPS) is 11.3. The number of para-hydroxylation sites is 1. The van der Waals surface area contributed by atoms with Crippen LogP contribution in [0.3, 0.4) is 0 Å². The number of nitrogens with zero attached hydrogens (tertiary/aromatic N) is 1. The van der Waals surface area contributed by atoms with Gasteiger partial charge in [0.15, 0.2) is 0 Å². The number of rotatable bonds is 6. The lowest BCUT2D eigenvalue weighted by Gasteiger charge is -2.24. The predicted molar refractivity (Wildman–Crippen MR) is 61.6 cm³/mol. The lowest BCUT2D eigenvalue weighted by molar-refractivity contribution is -0.136. The Morgan fingerprint density at radius 3 is 2.28 bits per heavy atom. The van der Waals surface area contributed by atoms with Crippen LogP contribution in [0.5, 0.6) is 0 Å². The molecule has 1 aromatic carbocycles. The highest BCUT2D eigenvalue weighted by Crippen LogP contribution is 2.22. The Bertz CT molecular complexity index is 379. The maximum atomic E-state index is 12.2. The van der Waals surface area contributed by atoms with Crippen LogP contribution < -0.4 is 4.90 Å². The Morgan fingerprint density at radius 1 is 1.17 bits per heavy atom. The van der Waals surface area contributed by atoms with Gasteiger partial charge in [0.05, 0.1) is 12.8 Å². The van der Waals surface area contributed by atoms with E-state index in [0.717, 1.165) is 0 Å². The number of carboxylic acids is 1. The molecule has 0 unspecified atom stereocenters. The van der Waals surface area contributed by atoms with E-state index in [2.05, 4.69) is 0 Å². The van der Waals surface area contributed by atoms with Crippen LogP contribution in [0.4, 0.5) is 18.9 Å². The van der Waals surface area contributed by atoms with Crippen LogP contribution in [0.2, 0.25) is 0 Å². The summed E-state index contributed by atoms with van der Waals surface area (Å²) in [6, 6.07) is 8.49. The summed E-state index contributed by atoms with van der Waals surface area (Å²) in [6.45, 7) is -0.170. The van der Waals surface area contributed by atoms with E-state index in [1.165, 1.54) is 4.90 Å². The zero-order chi connectivity index (χ0) is 13.6. The van der Waals surface area contributed by atoms with Crippen molar-refractivity contribution in [3.05, 3.63) is 30.3 Å². The molecule has 0 aromatic heterocycles. The second kappa shape index (κ2) is 6.28. The van der Waals surface area contributed by atoms with Crippen LogP contribution in [-0.2, 0) is 4.79 Å². The van der Waals surface area contributed by atoms with Gasteiger partial charge in [-0.2, -0.15) is 13.2 Å². The van der Waals surface area contributed by atoms with Crippen molar-refractivity contribution in [1.29, 1.82) is 0 Å². The minimum Gasteiger partial charge on any atom is -0.481 e. The van der Waals surface area contributed by atoms with Gasteiger partial charge in [-0.05, 0) is 12.1 Å². The Labute approximate surface area is 103 Å². The minimum absolute atomic E-state index is 0.0649. The van der Waals surface area contributed by atoms with Gasteiger partial charge >= 0.3 is 12.1 Å². The zero-order valence-electron chi connectivity index (χ0n) is 9.65. The van der Waals surface area contributed by atoms with E-state index in [1.807, 2.05) is 0 Å². The molecule has 18 heavy (non-hydrogen) atoms. The first kappa shape index (κ1) is 14.3. The van der Waals surface area contributed by atoms with Gasteiger partial charge in [-0.15, -0.1) is 0 Å². The molecule has 0 atom stereocenters. The summed E-state index contributed by atoms with van der Waals surface area (Å²) < 4.78 is 36.6. The van der Waals surface area contributed by atoms with E-state index >= 15 is 0 Å². The largest absolute Gasteiger partial charge is 0.481 e.